The molecule has 2 saturated heterocycles. The highest BCUT2D eigenvalue weighted by atomic mass is 16.6. The molecule has 0 aromatic rings. The van der Waals surface area contributed by atoms with Crippen molar-refractivity contribution in [2.24, 2.45) is 123 Å². The van der Waals surface area contributed by atoms with Crippen LogP contribution in [0.4, 0.5) is 0 Å². The Morgan fingerprint density at radius 1 is 0.347 bits per heavy atom. The quantitative estimate of drug-likeness (QED) is 0.0284. The second-order valence-corrected chi connectivity index (χ2v) is 44.5. The fraction of sp³-hybridized carbons (Fsp3) is 0.740. The van der Waals surface area contributed by atoms with Gasteiger partial charge in [-0.25, -0.2) is 0 Å². The van der Waals surface area contributed by atoms with Crippen LogP contribution < -0.4 is 30.6 Å². The van der Waals surface area contributed by atoms with Gasteiger partial charge in [-0.3, -0.25) is 95.9 Å². The smallest absolute Gasteiger partial charge is 0.314 e. The molecule has 2 aliphatic heterocycles. The summed E-state index contributed by atoms with van der Waals surface area (Å²) in [5.74, 6) is -26.1. The van der Waals surface area contributed by atoms with Gasteiger partial charge in [-0.15, -0.1) is 0 Å². The lowest BCUT2D eigenvalue weighted by Gasteiger charge is -2.59. The first kappa shape index (κ1) is 108. The Labute approximate surface area is 823 Å². The molecule has 20 unspecified atom stereocenters. The van der Waals surface area contributed by atoms with Crippen molar-refractivity contribution >= 4 is 154 Å². The highest BCUT2D eigenvalue weighted by Crippen LogP contribution is 2.67. The number of hydrogen-bond acceptors (Lipinski definition) is 44. The van der Waals surface area contributed by atoms with E-state index in [0.29, 0.717) is 85.6 Å². The van der Waals surface area contributed by atoms with E-state index in [9.17, 15) is 155 Å². The Morgan fingerprint density at radius 2 is 0.694 bits per heavy atom. The largest absolute Gasteiger partial charge is 0.542 e. The number of ether oxygens (including phenoxy) is 12. The van der Waals surface area contributed by atoms with Gasteiger partial charge in [-0.1, -0.05) is 0 Å². The number of hydrogen-bond donors (Lipinski definition) is 0. The molecule has 23 rings (SSSR count). The third-order valence-corrected chi connectivity index (χ3v) is 33.2. The van der Waals surface area contributed by atoms with Crippen LogP contribution in [0.15, 0.2) is 0 Å². The fourth-order valence-corrected chi connectivity index (χ4v) is 29.1. The van der Waals surface area contributed by atoms with Crippen LogP contribution in [0.3, 0.4) is 0 Å². The molecule has 20 bridgehead atoms. The van der Waals surface area contributed by atoms with E-state index >= 15 is 0 Å². The van der Waals surface area contributed by atoms with Crippen LogP contribution in [0.1, 0.15) is 265 Å². The Bertz CT molecular complexity index is 5220. The highest BCUT2D eigenvalue weighted by molar-refractivity contribution is 6.36. The number of methoxy groups -OCH3 is 2. The lowest BCUT2D eigenvalue weighted by molar-refractivity contribution is -0.301. The zero-order chi connectivity index (χ0) is 105. The van der Waals surface area contributed by atoms with Crippen molar-refractivity contribution in [2.45, 2.75) is 318 Å². The molecule has 23 aliphatic rings. The number of rotatable bonds is 34. The van der Waals surface area contributed by atoms with Crippen LogP contribution >= 0.6 is 0 Å². The van der Waals surface area contributed by atoms with Gasteiger partial charge >= 0.3 is 71.6 Å². The Morgan fingerprint density at radius 3 is 1.06 bits per heavy atom. The van der Waals surface area contributed by atoms with E-state index in [0.717, 1.165) is 141 Å². The van der Waals surface area contributed by atoms with Crippen molar-refractivity contribution in [3.63, 3.8) is 0 Å². The van der Waals surface area contributed by atoms with Crippen molar-refractivity contribution in [2.75, 3.05) is 20.8 Å². The van der Waals surface area contributed by atoms with Crippen LogP contribution in [0.2, 0.25) is 0 Å². The van der Waals surface area contributed by atoms with Crippen molar-refractivity contribution in [3.05, 3.63) is 0 Å². The predicted molar refractivity (Wildman–Crippen MR) is 452 cm³/mol. The van der Waals surface area contributed by atoms with Gasteiger partial charge in [-0.2, -0.15) is 0 Å². The van der Waals surface area contributed by atoms with Crippen molar-refractivity contribution in [3.8, 4) is 0 Å². The number of carboxylic acid groups (broad SMARTS) is 6. The molecule has 2 heterocycles. The number of ketones is 8. The van der Waals surface area contributed by atoms with E-state index in [1.807, 2.05) is 0 Å². The summed E-state index contributed by atoms with van der Waals surface area (Å²) in [6, 6.07) is 0. The van der Waals surface area contributed by atoms with E-state index in [2.05, 4.69) is 0 Å². The first-order chi connectivity index (χ1) is 67.7. The summed E-state index contributed by atoms with van der Waals surface area (Å²) in [4.78, 5) is 298. The van der Waals surface area contributed by atoms with Gasteiger partial charge < -0.3 is 116 Å². The summed E-state index contributed by atoms with van der Waals surface area (Å²) < 4.78 is 64.1. The molecular weight excluding hydrogens is 1910 g/mol. The van der Waals surface area contributed by atoms with Crippen LogP contribution in [0.5, 0.6) is 0 Å². The molecule has 786 valence electrons. The minimum atomic E-state index is -1.98. The van der Waals surface area contributed by atoms with Crippen LogP contribution in [0.25, 0.3) is 0 Å². The van der Waals surface area contributed by atoms with E-state index in [-0.39, 0.29) is 97.7 Å². The van der Waals surface area contributed by atoms with Gasteiger partial charge in [0.2, 0.25) is 0 Å². The number of carbonyl (C=O) groups is 26. The molecule has 44 nitrogen and oxygen atoms in total. The molecule has 0 spiro atoms. The first-order valence-corrected chi connectivity index (χ1v) is 49.4. The summed E-state index contributed by atoms with van der Waals surface area (Å²) in [7, 11) is 2.58. The van der Waals surface area contributed by atoms with Gasteiger partial charge in [0.15, 0.2) is 34.7 Å². The zero-order valence-electron chi connectivity index (χ0n) is 80.3. The molecule has 23 fully saturated rings. The molecular formula is C100H116O44-6. The lowest BCUT2D eigenvalue weighted by Crippen LogP contribution is -2.60. The Hall–Kier alpha value is -12.2. The van der Waals surface area contributed by atoms with Gasteiger partial charge in [0.05, 0.1) is 81.0 Å². The molecule has 0 aromatic carbocycles. The summed E-state index contributed by atoms with van der Waals surface area (Å²) in [6.07, 6.45) is 14.7. The molecule has 21 saturated carbocycles. The topological polar surface area (TPSA) is 693 Å². The number of aliphatic carboxylic acids is 6. The molecule has 21 aliphatic carbocycles. The standard InChI is InChI=1S/C21H28O7.C17H20O9.C17H22O7.C16H20O6.C15H18O6.C14H14O9/c22-16(18(24)25)5-6-17(23)28-21-10-13-7-14(11-21)9-20(8-13,12-21)19(26)27-15-3-1-2-4-15;1-17(2,3)26-16(23)11-7-4-6-10(11)15(22)25-13(6)12(7)24-9(19)5-8(18)14(20)21;1-23-15(22)16-5-10-4-11(6-16)8-17(7-10,9-16)24-13(19)3-2-12(18)14(20)21;17-12(15(20)21)1-2-13(18)22-8-16-5-9-3-10(6-16)14(19)11(4-9)7-16;16-11(14(19)20)1-2-12(17)21-15-5-8-3-9(6-15)13(18)10(4-8)7-15;1-21-13(19)8-4-2-5-9(8)14(20)23-11(5)10(4)22-7(16)3-6(15)12(17)18/h13-15H,1-12H2,(H,24,25);6-7,10-13H,4-5H2,1-3H3,(H,20,21);10-11H,2-9H2,1H3,(H,20,21);9-11H,1-8H2,(H,20,21);8-10H,1-7H2,(H,19,20);4-5,8-11H,2-3H2,1H3,(H,17,18)/p-6. The number of fused-ring (bicyclic) bond motifs is 2. The van der Waals surface area contributed by atoms with Crippen molar-refractivity contribution in [1.29, 1.82) is 0 Å². The second-order valence-electron chi connectivity index (χ2n) is 44.5. The first-order valence-electron chi connectivity index (χ1n) is 49.4. The number of esters is 12. The van der Waals surface area contributed by atoms with Crippen LogP contribution in [-0.2, 0) is 182 Å². The predicted octanol–water partition coefficient (Wildman–Crippen LogP) is -2.26. The normalized spacial score (nSPS) is 35.9. The third kappa shape index (κ3) is 23.5. The minimum Gasteiger partial charge on any atom is -0.542 e. The summed E-state index contributed by atoms with van der Waals surface area (Å²) in [5, 5.41) is 62.3. The molecule has 20 atom stereocenters. The van der Waals surface area contributed by atoms with Crippen molar-refractivity contribution < 1.29 is 212 Å². The average Bonchev–Trinajstić information content (AvgIpc) is 1.57. The third-order valence-electron chi connectivity index (χ3n) is 33.2. The maximum Gasteiger partial charge on any atom is 0.314 e. The zero-order valence-corrected chi connectivity index (χ0v) is 80.3. The van der Waals surface area contributed by atoms with Gasteiger partial charge in [0.1, 0.15) is 113 Å². The SMILES string of the molecule is CC(C)(C)OC(=O)C1C2CC3C(OC(=O)C31)C2OC(=O)CC(=O)C(=O)[O-].COC(=O)C12CC3CC(CC(OC(=O)CCC(=O)C(=O)[O-])(C3)C1)C2.COC(=O)C1C2CC3C(OC(=O)C31)C2OC(=O)CC(=O)C(=O)[O-].O=C(CCC(=O)C(=O)[O-])OC12CC3CC(C1)C(=O)C(C3)C2.O=C(CCC(=O)C(=O)[O-])OC12CC3CC(C1)CC(C(=O)OC1CCCC1)(C3)C2.O=C(CCC(=O)C(=O)[O-])OCC12CC3CC(C1)C(=O)C(C3)C2. The maximum absolute atomic E-state index is 13.1. The molecule has 44 heteroatoms. The number of carboxylic acids is 6. The minimum absolute atomic E-state index is 0.00824. The van der Waals surface area contributed by atoms with E-state index in [4.69, 9.17) is 56.8 Å². The number of Topliss-reactive ketones (excluding diaryl/α,β-unsaturated/α-hetero) is 8. The van der Waals surface area contributed by atoms with E-state index < -0.39 is 255 Å². The van der Waals surface area contributed by atoms with Crippen LogP contribution in [-0.4, -0.2) is 227 Å². The van der Waals surface area contributed by atoms with Crippen molar-refractivity contribution in [1.82, 2.24) is 0 Å². The Kier molecular flexibility index (Phi) is 31.7. The molecule has 144 heavy (non-hydrogen) atoms. The fourth-order valence-electron chi connectivity index (χ4n) is 29.1. The number of carbonyl (C=O) groups excluding carboxylic acids is 26. The molecule has 0 radical (unpaired) electrons. The monoisotopic (exact) mass is 2020 g/mol. The van der Waals surface area contributed by atoms with E-state index in [1.165, 1.54) is 14.2 Å². The Balaban J connectivity index is 0.000000137. The van der Waals surface area contributed by atoms with Gasteiger partial charge in [0.25, 0.3) is 0 Å². The summed E-state index contributed by atoms with van der Waals surface area (Å²) in [6.45, 7) is 5.40. The lowest BCUT2D eigenvalue weighted by atomic mass is 9.48. The van der Waals surface area contributed by atoms with Gasteiger partial charge in [0, 0.05) is 91.3 Å². The summed E-state index contributed by atoms with van der Waals surface area (Å²) >= 11 is 0. The van der Waals surface area contributed by atoms with Crippen LogP contribution in [0, 0.1) is 123 Å². The maximum atomic E-state index is 13.1. The van der Waals surface area contributed by atoms with Gasteiger partial charge in [-0.05, 0) is 223 Å². The molecule has 0 amide bonds. The summed E-state index contributed by atoms with van der Waals surface area (Å²) in [5.41, 5.74) is -3.88. The average molecular weight is 2020 g/mol. The second kappa shape index (κ2) is 42.5. The highest BCUT2D eigenvalue weighted by Gasteiger charge is 2.73. The van der Waals surface area contributed by atoms with E-state index in [1.54, 1.807) is 20.8 Å². The molecule has 0 N–H and O–H groups in total. The molecule has 0 aromatic heterocycles.